The molecule has 0 aromatic heterocycles. The minimum Gasteiger partial charge on any atom is -0.490 e. The lowest BCUT2D eigenvalue weighted by molar-refractivity contribution is 0.100. The Morgan fingerprint density at radius 1 is 1.24 bits per heavy atom. The van der Waals surface area contributed by atoms with Gasteiger partial charge in [-0.2, -0.15) is 0 Å². The SMILES string of the molecule is CC1CCC(Oc2cccc(CO)c2)CC1C. The zero-order chi connectivity index (χ0) is 12.3. The van der Waals surface area contributed by atoms with Crippen LogP contribution in [0.2, 0.25) is 0 Å². The van der Waals surface area contributed by atoms with Gasteiger partial charge in [0.05, 0.1) is 12.7 Å². The van der Waals surface area contributed by atoms with E-state index in [1.165, 1.54) is 6.42 Å². The van der Waals surface area contributed by atoms with Gasteiger partial charge < -0.3 is 9.84 Å². The highest BCUT2D eigenvalue weighted by Crippen LogP contribution is 2.31. The first kappa shape index (κ1) is 12.4. The van der Waals surface area contributed by atoms with E-state index < -0.39 is 0 Å². The molecule has 1 fully saturated rings. The zero-order valence-electron chi connectivity index (χ0n) is 10.7. The van der Waals surface area contributed by atoms with E-state index in [4.69, 9.17) is 9.84 Å². The normalized spacial score (nSPS) is 29.0. The fourth-order valence-electron chi connectivity index (χ4n) is 2.51. The van der Waals surface area contributed by atoms with Gasteiger partial charge in [0.25, 0.3) is 0 Å². The van der Waals surface area contributed by atoms with Crippen LogP contribution in [0, 0.1) is 11.8 Å². The number of rotatable bonds is 3. The Bertz CT molecular complexity index is 362. The molecule has 3 atom stereocenters. The van der Waals surface area contributed by atoms with Crippen LogP contribution in [0.25, 0.3) is 0 Å². The minimum absolute atomic E-state index is 0.0787. The summed E-state index contributed by atoms with van der Waals surface area (Å²) in [4.78, 5) is 0. The van der Waals surface area contributed by atoms with Gasteiger partial charge in [-0.05, 0) is 48.8 Å². The summed E-state index contributed by atoms with van der Waals surface area (Å²) in [6, 6.07) is 7.76. The molecular weight excluding hydrogens is 212 g/mol. The number of aliphatic hydroxyl groups is 1. The van der Waals surface area contributed by atoms with Crippen molar-refractivity contribution in [2.45, 2.75) is 45.8 Å². The second-order valence-electron chi connectivity index (χ2n) is 5.31. The van der Waals surface area contributed by atoms with Crippen molar-refractivity contribution in [1.29, 1.82) is 0 Å². The van der Waals surface area contributed by atoms with Crippen molar-refractivity contribution in [3.63, 3.8) is 0 Å². The van der Waals surface area contributed by atoms with Crippen LogP contribution in [0.4, 0.5) is 0 Å². The van der Waals surface area contributed by atoms with Gasteiger partial charge in [-0.25, -0.2) is 0 Å². The van der Waals surface area contributed by atoms with E-state index in [0.717, 1.165) is 36.0 Å². The third kappa shape index (κ3) is 3.22. The predicted molar refractivity (Wildman–Crippen MR) is 69.0 cm³/mol. The summed E-state index contributed by atoms with van der Waals surface area (Å²) in [5.74, 6) is 2.46. The lowest BCUT2D eigenvalue weighted by Gasteiger charge is -2.32. The van der Waals surface area contributed by atoms with E-state index in [1.54, 1.807) is 0 Å². The molecule has 1 aliphatic carbocycles. The van der Waals surface area contributed by atoms with Crippen LogP contribution in [-0.2, 0) is 6.61 Å². The zero-order valence-corrected chi connectivity index (χ0v) is 10.7. The van der Waals surface area contributed by atoms with Crippen LogP contribution in [-0.4, -0.2) is 11.2 Å². The molecule has 0 spiro atoms. The summed E-state index contributed by atoms with van der Waals surface area (Å²) in [5.41, 5.74) is 0.916. The monoisotopic (exact) mass is 234 g/mol. The molecule has 0 heterocycles. The van der Waals surface area contributed by atoms with Crippen LogP contribution in [0.15, 0.2) is 24.3 Å². The summed E-state index contributed by atoms with van der Waals surface area (Å²) in [7, 11) is 0. The van der Waals surface area contributed by atoms with E-state index >= 15 is 0 Å². The maximum Gasteiger partial charge on any atom is 0.120 e. The van der Waals surface area contributed by atoms with E-state index in [9.17, 15) is 0 Å². The third-order valence-corrected chi connectivity index (χ3v) is 3.93. The first-order valence-corrected chi connectivity index (χ1v) is 6.55. The van der Waals surface area contributed by atoms with Gasteiger partial charge in [-0.15, -0.1) is 0 Å². The Morgan fingerprint density at radius 3 is 2.76 bits per heavy atom. The second kappa shape index (κ2) is 5.54. The highest BCUT2D eigenvalue weighted by molar-refractivity contribution is 5.28. The van der Waals surface area contributed by atoms with Crippen molar-refractivity contribution in [3.05, 3.63) is 29.8 Å². The van der Waals surface area contributed by atoms with Crippen LogP contribution in [0.3, 0.4) is 0 Å². The minimum atomic E-state index is 0.0787. The summed E-state index contributed by atoms with van der Waals surface area (Å²) in [6.45, 7) is 4.72. The molecule has 0 aliphatic heterocycles. The van der Waals surface area contributed by atoms with Crippen molar-refractivity contribution in [2.75, 3.05) is 0 Å². The van der Waals surface area contributed by atoms with Gasteiger partial charge >= 0.3 is 0 Å². The molecule has 2 nitrogen and oxygen atoms in total. The van der Waals surface area contributed by atoms with Crippen LogP contribution in [0.1, 0.15) is 38.7 Å². The van der Waals surface area contributed by atoms with Crippen molar-refractivity contribution in [2.24, 2.45) is 11.8 Å². The number of benzene rings is 1. The molecule has 0 bridgehead atoms. The molecule has 0 saturated heterocycles. The average Bonchev–Trinajstić information content (AvgIpc) is 2.34. The number of hydrogen-bond donors (Lipinski definition) is 1. The van der Waals surface area contributed by atoms with Gasteiger partial charge in [-0.1, -0.05) is 26.0 Å². The molecule has 17 heavy (non-hydrogen) atoms. The van der Waals surface area contributed by atoms with E-state index in [1.807, 2.05) is 24.3 Å². The summed E-state index contributed by atoms with van der Waals surface area (Å²) in [5, 5.41) is 9.09. The largest absolute Gasteiger partial charge is 0.490 e. The van der Waals surface area contributed by atoms with Crippen LogP contribution in [0.5, 0.6) is 5.75 Å². The molecule has 0 amide bonds. The standard InChI is InChI=1S/C15H22O2/c1-11-6-7-15(8-12(11)2)17-14-5-3-4-13(9-14)10-16/h3-5,9,11-12,15-16H,6-8,10H2,1-2H3. The topological polar surface area (TPSA) is 29.5 Å². The highest BCUT2D eigenvalue weighted by Gasteiger charge is 2.25. The smallest absolute Gasteiger partial charge is 0.120 e. The quantitative estimate of drug-likeness (QED) is 0.868. The van der Waals surface area contributed by atoms with Gasteiger partial charge in [-0.3, -0.25) is 0 Å². The Balaban J connectivity index is 1.96. The molecule has 1 aromatic rings. The van der Waals surface area contributed by atoms with E-state index in [0.29, 0.717) is 6.10 Å². The lowest BCUT2D eigenvalue weighted by Crippen LogP contribution is -2.28. The summed E-state index contributed by atoms with van der Waals surface area (Å²) < 4.78 is 6.01. The van der Waals surface area contributed by atoms with E-state index in [-0.39, 0.29) is 6.61 Å². The van der Waals surface area contributed by atoms with Crippen molar-refractivity contribution >= 4 is 0 Å². The maximum atomic E-state index is 9.09. The Morgan fingerprint density at radius 2 is 2.06 bits per heavy atom. The number of hydrogen-bond acceptors (Lipinski definition) is 2. The third-order valence-electron chi connectivity index (χ3n) is 3.93. The summed E-state index contributed by atoms with van der Waals surface area (Å²) >= 11 is 0. The molecule has 1 saturated carbocycles. The lowest BCUT2D eigenvalue weighted by atomic mass is 9.80. The maximum absolute atomic E-state index is 9.09. The Hall–Kier alpha value is -1.02. The molecule has 1 N–H and O–H groups in total. The molecule has 1 aliphatic rings. The molecule has 1 aromatic carbocycles. The van der Waals surface area contributed by atoms with Gasteiger partial charge in [0, 0.05) is 0 Å². The molecule has 2 rings (SSSR count). The van der Waals surface area contributed by atoms with Gasteiger partial charge in [0.1, 0.15) is 5.75 Å². The number of ether oxygens (including phenoxy) is 1. The van der Waals surface area contributed by atoms with Crippen molar-refractivity contribution in [1.82, 2.24) is 0 Å². The van der Waals surface area contributed by atoms with Gasteiger partial charge in [0.15, 0.2) is 0 Å². The highest BCUT2D eigenvalue weighted by atomic mass is 16.5. The van der Waals surface area contributed by atoms with Crippen molar-refractivity contribution < 1.29 is 9.84 Å². The van der Waals surface area contributed by atoms with Crippen LogP contribution < -0.4 is 4.74 Å². The van der Waals surface area contributed by atoms with Crippen molar-refractivity contribution in [3.8, 4) is 5.75 Å². The average molecular weight is 234 g/mol. The predicted octanol–water partition coefficient (Wildman–Crippen LogP) is 3.38. The fraction of sp³-hybridized carbons (Fsp3) is 0.600. The Kier molecular flexibility index (Phi) is 4.06. The molecular formula is C15H22O2. The summed E-state index contributed by atoms with van der Waals surface area (Å²) in [6.07, 6.45) is 3.89. The molecule has 94 valence electrons. The second-order valence-corrected chi connectivity index (χ2v) is 5.31. The molecule has 2 heteroatoms. The Labute approximate surface area is 104 Å². The number of aliphatic hydroxyl groups excluding tert-OH is 1. The molecule has 0 radical (unpaired) electrons. The van der Waals surface area contributed by atoms with E-state index in [2.05, 4.69) is 13.8 Å². The van der Waals surface area contributed by atoms with Crippen LogP contribution >= 0.6 is 0 Å². The van der Waals surface area contributed by atoms with Gasteiger partial charge in [0.2, 0.25) is 0 Å². The molecule has 3 unspecified atom stereocenters. The fourth-order valence-corrected chi connectivity index (χ4v) is 2.51. The first-order valence-electron chi connectivity index (χ1n) is 6.55. The first-order chi connectivity index (χ1) is 8.19.